The molecule has 0 saturated carbocycles. The average Bonchev–Trinajstić information content (AvgIpc) is 2.52. The average molecular weight is 344 g/mol. The van der Waals surface area contributed by atoms with Gasteiger partial charge in [0.15, 0.2) is 4.90 Å². The fourth-order valence-electron chi connectivity index (χ4n) is 2.60. The van der Waals surface area contributed by atoms with Gasteiger partial charge < -0.3 is 9.15 Å². The van der Waals surface area contributed by atoms with Crippen LogP contribution in [0, 0.1) is 13.8 Å². The van der Waals surface area contributed by atoms with Crippen LogP contribution in [-0.4, -0.2) is 15.5 Å². The fourth-order valence-corrected chi connectivity index (χ4v) is 4.08. The molecule has 0 N–H and O–H groups in total. The molecule has 1 aromatic heterocycles. The molecule has 0 bridgehead atoms. The van der Waals surface area contributed by atoms with Gasteiger partial charge in [-0.2, -0.15) is 0 Å². The van der Waals surface area contributed by atoms with E-state index in [0.29, 0.717) is 11.1 Å². The van der Waals surface area contributed by atoms with Gasteiger partial charge in [-0.15, -0.1) is 0 Å². The predicted octanol–water partition coefficient (Wildman–Crippen LogP) is 3.25. The van der Waals surface area contributed by atoms with Crippen molar-refractivity contribution in [2.75, 3.05) is 7.11 Å². The first-order chi connectivity index (χ1) is 11.3. The van der Waals surface area contributed by atoms with Gasteiger partial charge in [0.25, 0.3) is 0 Å². The van der Waals surface area contributed by atoms with E-state index < -0.39 is 15.5 Å². The van der Waals surface area contributed by atoms with Crippen LogP contribution < -0.4 is 10.4 Å². The number of fused-ring (bicyclic) bond motifs is 1. The third-order valence-corrected chi connectivity index (χ3v) is 5.43. The van der Waals surface area contributed by atoms with Gasteiger partial charge in [0.2, 0.25) is 9.84 Å². The summed E-state index contributed by atoms with van der Waals surface area (Å²) in [7, 11) is -2.46. The summed E-state index contributed by atoms with van der Waals surface area (Å²) < 4.78 is 35.9. The van der Waals surface area contributed by atoms with Crippen LogP contribution in [0.1, 0.15) is 11.1 Å². The molecule has 0 aliphatic carbocycles. The first-order valence-electron chi connectivity index (χ1n) is 7.26. The lowest BCUT2D eigenvalue weighted by molar-refractivity contribution is 0.414. The summed E-state index contributed by atoms with van der Waals surface area (Å²) in [6.45, 7) is 3.61. The third-order valence-electron chi connectivity index (χ3n) is 3.71. The molecule has 0 amide bonds. The highest BCUT2D eigenvalue weighted by atomic mass is 32.2. The number of sulfone groups is 1. The molecular weight excluding hydrogens is 328 g/mol. The maximum absolute atomic E-state index is 12.8. The first-order valence-corrected chi connectivity index (χ1v) is 8.75. The summed E-state index contributed by atoms with van der Waals surface area (Å²) in [5.41, 5.74) is 1.00. The summed E-state index contributed by atoms with van der Waals surface area (Å²) in [5.74, 6) is 0.524. The smallest absolute Gasteiger partial charge is 0.355 e. The van der Waals surface area contributed by atoms with Crippen molar-refractivity contribution >= 4 is 20.8 Å². The molecule has 5 nitrogen and oxygen atoms in total. The zero-order valence-corrected chi connectivity index (χ0v) is 14.3. The Balaban J connectivity index is 2.24. The molecule has 0 unspecified atom stereocenters. The Labute approximate surface area is 139 Å². The summed E-state index contributed by atoms with van der Waals surface area (Å²) in [4.78, 5) is 11.9. The Morgan fingerprint density at radius 3 is 2.25 bits per heavy atom. The molecule has 0 aliphatic rings. The predicted molar refractivity (Wildman–Crippen MR) is 90.4 cm³/mol. The number of hydrogen-bond donors (Lipinski definition) is 0. The standard InChI is InChI=1S/C18H16O5S/c1-11-6-12(2)8-15(7-11)24(20,21)17-9-13-4-5-14(22-3)10-16(13)23-18(17)19/h4-10H,1-3H3. The van der Waals surface area contributed by atoms with Crippen LogP contribution in [0.15, 0.2) is 61.5 Å². The van der Waals surface area contributed by atoms with E-state index in [-0.39, 0.29) is 15.4 Å². The van der Waals surface area contributed by atoms with Crippen molar-refractivity contribution in [3.05, 3.63) is 64.0 Å². The van der Waals surface area contributed by atoms with Gasteiger partial charge in [-0.25, -0.2) is 13.2 Å². The SMILES string of the molecule is COc1ccc2cc(S(=O)(=O)c3cc(C)cc(C)c3)c(=O)oc2c1. The van der Waals surface area contributed by atoms with E-state index in [0.717, 1.165) is 11.1 Å². The second-order valence-corrected chi connectivity index (χ2v) is 7.55. The molecule has 0 spiro atoms. The van der Waals surface area contributed by atoms with Gasteiger partial charge in [-0.3, -0.25) is 0 Å². The van der Waals surface area contributed by atoms with Gasteiger partial charge in [0.1, 0.15) is 11.3 Å². The minimum Gasteiger partial charge on any atom is -0.497 e. The quantitative estimate of drug-likeness (QED) is 0.682. The lowest BCUT2D eigenvalue weighted by atomic mass is 10.2. The number of benzene rings is 2. The molecule has 0 radical (unpaired) electrons. The number of aryl methyl sites for hydroxylation is 2. The maximum atomic E-state index is 12.8. The third kappa shape index (κ3) is 2.80. The highest BCUT2D eigenvalue weighted by molar-refractivity contribution is 7.91. The Morgan fingerprint density at radius 2 is 1.62 bits per heavy atom. The van der Waals surface area contributed by atoms with Crippen molar-refractivity contribution in [1.29, 1.82) is 0 Å². The minimum absolute atomic E-state index is 0.0835. The summed E-state index contributed by atoms with van der Waals surface area (Å²) in [5, 5.41) is 0.512. The zero-order valence-electron chi connectivity index (χ0n) is 13.5. The molecule has 0 aliphatic heterocycles. The largest absolute Gasteiger partial charge is 0.497 e. The molecule has 3 rings (SSSR count). The Hall–Kier alpha value is -2.60. The Morgan fingerprint density at radius 1 is 0.958 bits per heavy atom. The molecule has 6 heteroatoms. The molecule has 2 aromatic carbocycles. The normalized spacial score (nSPS) is 11.6. The number of ether oxygens (including phenoxy) is 1. The van der Waals surface area contributed by atoms with Crippen molar-refractivity contribution in [3.8, 4) is 5.75 Å². The van der Waals surface area contributed by atoms with E-state index in [1.807, 2.05) is 6.07 Å². The lowest BCUT2D eigenvalue weighted by Crippen LogP contribution is -2.14. The van der Waals surface area contributed by atoms with Crippen LogP contribution in [0.2, 0.25) is 0 Å². The molecule has 3 aromatic rings. The molecule has 0 atom stereocenters. The molecule has 0 fully saturated rings. The lowest BCUT2D eigenvalue weighted by Gasteiger charge is -2.07. The van der Waals surface area contributed by atoms with Crippen LogP contribution in [0.3, 0.4) is 0 Å². The van der Waals surface area contributed by atoms with Crippen molar-refractivity contribution in [2.24, 2.45) is 0 Å². The van der Waals surface area contributed by atoms with Crippen LogP contribution in [0.25, 0.3) is 11.0 Å². The van der Waals surface area contributed by atoms with E-state index in [1.165, 1.54) is 13.2 Å². The van der Waals surface area contributed by atoms with Gasteiger partial charge in [-0.1, -0.05) is 6.07 Å². The molecule has 0 saturated heterocycles. The van der Waals surface area contributed by atoms with Gasteiger partial charge >= 0.3 is 5.63 Å². The Bertz CT molecular complexity index is 1070. The van der Waals surface area contributed by atoms with Crippen molar-refractivity contribution in [3.63, 3.8) is 0 Å². The van der Waals surface area contributed by atoms with E-state index in [1.54, 1.807) is 44.2 Å². The van der Waals surface area contributed by atoms with Crippen LogP contribution >= 0.6 is 0 Å². The minimum atomic E-state index is -3.96. The second kappa shape index (κ2) is 5.79. The van der Waals surface area contributed by atoms with Crippen LogP contribution in [-0.2, 0) is 9.84 Å². The van der Waals surface area contributed by atoms with Crippen LogP contribution in [0.4, 0.5) is 0 Å². The van der Waals surface area contributed by atoms with E-state index in [4.69, 9.17) is 9.15 Å². The van der Waals surface area contributed by atoms with Crippen LogP contribution in [0.5, 0.6) is 5.75 Å². The van der Waals surface area contributed by atoms with Gasteiger partial charge in [-0.05, 0) is 55.3 Å². The highest BCUT2D eigenvalue weighted by Gasteiger charge is 2.24. The maximum Gasteiger partial charge on any atom is 0.355 e. The summed E-state index contributed by atoms with van der Waals surface area (Å²) >= 11 is 0. The number of rotatable bonds is 3. The fraction of sp³-hybridized carbons (Fsp3) is 0.167. The highest BCUT2D eigenvalue weighted by Crippen LogP contribution is 2.25. The number of hydrogen-bond acceptors (Lipinski definition) is 5. The molecule has 124 valence electrons. The van der Waals surface area contributed by atoms with E-state index in [9.17, 15) is 13.2 Å². The number of methoxy groups -OCH3 is 1. The Kier molecular flexibility index (Phi) is 3.93. The van der Waals surface area contributed by atoms with E-state index in [2.05, 4.69) is 0 Å². The van der Waals surface area contributed by atoms with Crippen molar-refractivity contribution in [2.45, 2.75) is 23.6 Å². The topological polar surface area (TPSA) is 73.6 Å². The molecular formula is C18H16O5S. The van der Waals surface area contributed by atoms with Gasteiger partial charge in [0, 0.05) is 11.5 Å². The van der Waals surface area contributed by atoms with Crippen molar-refractivity contribution < 1.29 is 17.6 Å². The second-order valence-electron chi connectivity index (χ2n) is 5.63. The monoisotopic (exact) mass is 344 g/mol. The molecule has 1 heterocycles. The zero-order chi connectivity index (χ0) is 17.5. The summed E-state index contributed by atoms with van der Waals surface area (Å²) in [6, 6.07) is 11.2. The summed E-state index contributed by atoms with van der Waals surface area (Å²) in [6.07, 6.45) is 0. The molecule has 24 heavy (non-hydrogen) atoms. The van der Waals surface area contributed by atoms with Gasteiger partial charge in [0.05, 0.1) is 12.0 Å². The van der Waals surface area contributed by atoms with E-state index >= 15 is 0 Å². The first kappa shape index (κ1) is 16.3. The van der Waals surface area contributed by atoms with Crippen molar-refractivity contribution in [1.82, 2.24) is 0 Å².